The van der Waals surface area contributed by atoms with E-state index in [1.54, 1.807) is 24.4 Å². The Morgan fingerprint density at radius 2 is 1.66 bits per heavy atom. The average molecular weight is 398 g/mol. The summed E-state index contributed by atoms with van der Waals surface area (Å²) < 4.78 is 32.2. The Hall–Kier alpha value is -3.35. The van der Waals surface area contributed by atoms with Gasteiger partial charge in [-0.05, 0) is 54.8 Å². The van der Waals surface area contributed by atoms with Crippen molar-refractivity contribution in [3.63, 3.8) is 0 Å². The van der Waals surface area contributed by atoms with Gasteiger partial charge in [-0.2, -0.15) is 8.78 Å². The molecule has 3 aromatic rings. The fourth-order valence-corrected chi connectivity index (χ4v) is 3.31. The minimum atomic E-state index is -3.02. The number of carbonyl (C=O) groups is 1. The number of aromatic carboxylic acids is 1. The third kappa shape index (κ3) is 4.08. The topological polar surface area (TPSA) is 72.3 Å². The van der Waals surface area contributed by atoms with Gasteiger partial charge >= 0.3 is 5.97 Å². The van der Waals surface area contributed by atoms with Crippen molar-refractivity contribution >= 4 is 5.97 Å². The number of aryl methyl sites for hydroxylation is 2. The molecule has 0 aliphatic heterocycles. The third-order valence-electron chi connectivity index (χ3n) is 4.64. The van der Waals surface area contributed by atoms with Crippen LogP contribution < -0.4 is 4.74 Å². The summed E-state index contributed by atoms with van der Waals surface area (Å²) in [5.41, 5.74) is 4.28. The summed E-state index contributed by atoms with van der Waals surface area (Å²) in [4.78, 5) is 19.5. The molecular weight excluding hydrogens is 378 g/mol. The Labute approximate surface area is 167 Å². The van der Waals surface area contributed by atoms with Crippen molar-refractivity contribution in [2.45, 2.75) is 26.7 Å². The number of benzene rings is 1. The Morgan fingerprint density at radius 1 is 1.03 bits per heavy atom. The zero-order valence-electron chi connectivity index (χ0n) is 16.5. The lowest BCUT2D eigenvalue weighted by Crippen LogP contribution is -2.09. The van der Waals surface area contributed by atoms with Gasteiger partial charge < -0.3 is 9.84 Å². The van der Waals surface area contributed by atoms with Crippen LogP contribution in [0.15, 0.2) is 42.7 Å². The van der Waals surface area contributed by atoms with Gasteiger partial charge in [-0.15, -0.1) is 0 Å². The molecule has 0 fully saturated rings. The van der Waals surface area contributed by atoms with E-state index in [0.717, 1.165) is 29.2 Å². The lowest BCUT2D eigenvalue weighted by atomic mass is 9.93. The maximum Gasteiger partial charge on any atom is 0.335 e. The molecule has 1 N–H and O–H groups in total. The number of carboxylic acid groups (broad SMARTS) is 1. The van der Waals surface area contributed by atoms with Crippen molar-refractivity contribution in [2.75, 3.05) is 7.11 Å². The van der Waals surface area contributed by atoms with Gasteiger partial charge in [-0.3, -0.25) is 4.98 Å². The van der Waals surface area contributed by atoms with Crippen LogP contribution in [0.1, 0.15) is 34.1 Å². The van der Waals surface area contributed by atoms with Crippen molar-refractivity contribution in [2.24, 2.45) is 0 Å². The summed E-state index contributed by atoms with van der Waals surface area (Å²) in [6.45, 7) is 4.46. The van der Waals surface area contributed by atoms with Crippen LogP contribution in [0.3, 0.4) is 0 Å². The second-order valence-electron chi connectivity index (χ2n) is 6.89. The normalized spacial score (nSPS) is 11.4. The van der Waals surface area contributed by atoms with E-state index in [4.69, 9.17) is 4.74 Å². The van der Waals surface area contributed by atoms with Crippen LogP contribution in [-0.4, -0.2) is 28.2 Å². The summed E-state index contributed by atoms with van der Waals surface area (Å²) in [5, 5.41) is 9.25. The van der Waals surface area contributed by atoms with Gasteiger partial charge in [0.2, 0.25) is 5.88 Å². The molecule has 0 unspecified atom stereocenters. The van der Waals surface area contributed by atoms with E-state index in [-0.39, 0.29) is 11.3 Å². The Morgan fingerprint density at radius 3 is 2.14 bits per heavy atom. The molecule has 0 saturated heterocycles. The number of rotatable bonds is 5. The van der Waals surface area contributed by atoms with Crippen LogP contribution in [0.2, 0.25) is 0 Å². The fraction of sp³-hybridized carbons (Fsp3) is 0.227. The number of aromatic nitrogens is 2. The van der Waals surface area contributed by atoms with Crippen molar-refractivity contribution in [3.05, 3.63) is 65.1 Å². The number of pyridine rings is 2. The number of hydrogen-bond donors (Lipinski definition) is 1. The first-order valence-electron chi connectivity index (χ1n) is 8.85. The zero-order chi connectivity index (χ0) is 21.3. The first-order valence-corrected chi connectivity index (χ1v) is 8.85. The van der Waals surface area contributed by atoms with E-state index in [2.05, 4.69) is 9.97 Å². The van der Waals surface area contributed by atoms with E-state index in [1.165, 1.54) is 19.4 Å². The number of methoxy groups -OCH3 is 1. The number of nitrogens with zero attached hydrogens (tertiary/aromatic N) is 2. The second kappa shape index (κ2) is 7.58. The van der Waals surface area contributed by atoms with Gasteiger partial charge in [0.1, 0.15) is 5.69 Å². The molecule has 1 aromatic carbocycles. The standard InChI is InChI=1S/C22H20F2N2O3/c1-12-7-15(21(27)28)8-13(2)19(12)16-9-17(20(29-4)26-11-16)14-5-6-18(25-10-14)22(3,23)24/h5-11H,1-4H3,(H,27,28). The van der Waals surface area contributed by atoms with E-state index < -0.39 is 11.9 Å². The minimum Gasteiger partial charge on any atom is -0.481 e. The Kier molecular flexibility index (Phi) is 5.33. The predicted octanol–water partition coefficient (Wildman–Crippen LogP) is 5.25. The first-order chi connectivity index (χ1) is 13.6. The van der Waals surface area contributed by atoms with Crippen molar-refractivity contribution in [1.29, 1.82) is 0 Å². The van der Waals surface area contributed by atoms with Gasteiger partial charge in [0.15, 0.2) is 0 Å². The maximum atomic E-state index is 13.5. The summed E-state index contributed by atoms with van der Waals surface area (Å²) in [6, 6.07) is 7.88. The molecule has 0 amide bonds. The molecule has 0 spiro atoms. The highest BCUT2D eigenvalue weighted by atomic mass is 19.3. The quantitative estimate of drug-likeness (QED) is 0.636. The van der Waals surface area contributed by atoms with Crippen molar-refractivity contribution in [3.8, 4) is 28.1 Å². The summed E-state index contributed by atoms with van der Waals surface area (Å²) in [6.07, 6.45) is 3.00. The SMILES string of the molecule is COc1ncc(-c2c(C)cc(C(=O)O)cc2C)cc1-c1ccc(C(C)(F)F)nc1. The molecule has 0 aliphatic carbocycles. The highest BCUT2D eigenvalue weighted by molar-refractivity contribution is 5.90. The monoisotopic (exact) mass is 398 g/mol. The molecule has 2 heterocycles. The lowest BCUT2D eigenvalue weighted by molar-refractivity contribution is 0.0128. The molecule has 7 heteroatoms. The number of halogens is 2. The van der Waals surface area contributed by atoms with Crippen molar-refractivity contribution < 1.29 is 23.4 Å². The van der Waals surface area contributed by atoms with E-state index in [1.807, 2.05) is 19.9 Å². The molecule has 150 valence electrons. The summed E-state index contributed by atoms with van der Waals surface area (Å²) >= 11 is 0. The van der Waals surface area contributed by atoms with Gasteiger partial charge in [0, 0.05) is 36.0 Å². The molecule has 0 saturated carbocycles. The Bertz CT molecular complexity index is 1050. The van der Waals surface area contributed by atoms with Gasteiger partial charge in [-0.25, -0.2) is 9.78 Å². The fourth-order valence-electron chi connectivity index (χ4n) is 3.31. The van der Waals surface area contributed by atoms with Crippen LogP contribution >= 0.6 is 0 Å². The summed E-state index contributed by atoms with van der Waals surface area (Å²) in [5.74, 6) is -3.68. The Balaban J connectivity index is 2.13. The van der Waals surface area contributed by atoms with Crippen LogP contribution in [0, 0.1) is 13.8 Å². The maximum absolute atomic E-state index is 13.5. The highest BCUT2D eigenvalue weighted by Crippen LogP contribution is 2.36. The highest BCUT2D eigenvalue weighted by Gasteiger charge is 2.26. The summed E-state index contributed by atoms with van der Waals surface area (Å²) in [7, 11) is 1.48. The molecule has 0 atom stereocenters. The number of carboxylic acids is 1. The molecule has 3 rings (SSSR count). The van der Waals surface area contributed by atoms with Gasteiger partial charge in [-0.1, -0.05) is 6.07 Å². The van der Waals surface area contributed by atoms with Crippen LogP contribution in [0.25, 0.3) is 22.3 Å². The molecule has 0 bridgehead atoms. The van der Waals surface area contributed by atoms with Gasteiger partial charge in [0.05, 0.1) is 12.7 Å². The predicted molar refractivity (Wildman–Crippen MR) is 105 cm³/mol. The minimum absolute atomic E-state index is 0.214. The largest absolute Gasteiger partial charge is 0.481 e. The van der Waals surface area contributed by atoms with E-state index in [0.29, 0.717) is 17.0 Å². The number of hydrogen-bond acceptors (Lipinski definition) is 4. The number of alkyl halides is 2. The van der Waals surface area contributed by atoms with E-state index >= 15 is 0 Å². The van der Waals surface area contributed by atoms with Crippen molar-refractivity contribution in [1.82, 2.24) is 9.97 Å². The molecule has 29 heavy (non-hydrogen) atoms. The molecule has 0 aliphatic rings. The molecule has 2 aromatic heterocycles. The van der Waals surface area contributed by atoms with Gasteiger partial charge in [0.25, 0.3) is 5.92 Å². The zero-order valence-corrected chi connectivity index (χ0v) is 16.5. The second-order valence-corrected chi connectivity index (χ2v) is 6.89. The van der Waals surface area contributed by atoms with Crippen LogP contribution in [0.5, 0.6) is 5.88 Å². The molecule has 0 radical (unpaired) electrons. The van der Waals surface area contributed by atoms with Crippen LogP contribution in [-0.2, 0) is 5.92 Å². The first kappa shape index (κ1) is 20.4. The molecule has 5 nitrogen and oxygen atoms in total. The smallest absolute Gasteiger partial charge is 0.335 e. The van der Waals surface area contributed by atoms with E-state index in [9.17, 15) is 18.7 Å². The average Bonchev–Trinajstić information content (AvgIpc) is 2.66. The lowest BCUT2D eigenvalue weighted by Gasteiger charge is -2.15. The van der Waals surface area contributed by atoms with Crippen LogP contribution in [0.4, 0.5) is 8.78 Å². The third-order valence-corrected chi connectivity index (χ3v) is 4.64. The number of ether oxygens (including phenoxy) is 1. The molecular formula is C22H20F2N2O3.